The number of carbonyl (C=O) groups excluding carboxylic acids is 1. The van der Waals surface area contributed by atoms with Crippen LogP contribution in [0.15, 0.2) is 24.3 Å². The smallest absolute Gasteiger partial charge is 0.317 e. The Hall–Kier alpha value is -1.55. The number of aryl methyl sites for hydroxylation is 1. The molecule has 1 fully saturated rings. The minimum atomic E-state index is -0.388. The van der Waals surface area contributed by atoms with Crippen molar-refractivity contribution in [3.63, 3.8) is 0 Å². The molecule has 0 bridgehead atoms. The van der Waals surface area contributed by atoms with Gasteiger partial charge in [0.15, 0.2) is 0 Å². The van der Waals surface area contributed by atoms with Crippen molar-refractivity contribution in [1.82, 2.24) is 10.2 Å². The van der Waals surface area contributed by atoms with Gasteiger partial charge in [-0.25, -0.2) is 4.79 Å². The first-order valence-electron chi connectivity index (χ1n) is 8.33. The van der Waals surface area contributed by atoms with Crippen LogP contribution in [0.25, 0.3) is 0 Å². The highest BCUT2D eigenvalue weighted by molar-refractivity contribution is 5.75. The summed E-state index contributed by atoms with van der Waals surface area (Å²) in [5.74, 6) is 0.311. The number of likely N-dealkylation sites (tertiary alicyclic amines) is 1. The molecule has 0 radical (unpaired) electrons. The van der Waals surface area contributed by atoms with E-state index in [1.54, 1.807) is 4.90 Å². The molecule has 4 heteroatoms. The Bertz CT molecular complexity index is 484. The molecule has 1 aromatic carbocycles. The minimum absolute atomic E-state index is 0.00234. The summed E-state index contributed by atoms with van der Waals surface area (Å²) >= 11 is 0. The number of carbonyl (C=O) groups is 1. The Labute approximate surface area is 133 Å². The van der Waals surface area contributed by atoms with Crippen LogP contribution in [0.1, 0.15) is 50.8 Å². The van der Waals surface area contributed by atoms with Crippen molar-refractivity contribution in [2.45, 2.75) is 52.2 Å². The highest BCUT2D eigenvalue weighted by Gasteiger charge is 2.25. The van der Waals surface area contributed by atoms with Gasteiger partial charge in [-0.1, -0.05) is 45.0 Å². The predicted molar refractivity (Wildman–Crippen MR) is 88.7 cm³/mol. The van der Waals surface area contributed by atoms with Gasteiger partial charge in [0, 0.05) is 13.1 Å². The Morgan fingerprint density at radius 1 is 1.36 bits per heavy atom. The molecule has 1 heterocycles. The molecule has 0 aromatic heterocycles. The van der Waals surface area contributed by atoms with Crippen LogP contribution in [-0.4, -0.2) is 35.2 Å². The van der Waals surface area contributed by atoms with E-state index >= 15 is 0 Å². The van der Waals surface area contributed by atoms with Crippen LogP contribution < -0.4 is 5.32 Å². The number of urea groups is 1. The second-order valence-corrected chi connectivity index (χ2v) is 6.51. The SMILES string of the molecule is CCc1ccc(C(NC(=O)N2CCCC(O)C2)C(C)C)cc1. The first-order valence-corrected chi connectivity index (χ1v) is 8.33. The van der Waals surface area contributed by atoms with E-state index in [4.69, 9.17) is 0 Å². The first kappa shape index (κ1) is 16.8. The van der Waals surface area contributed by atoms with Gasteiger partial charge in [0.05, 0.1) is 12.1 Å². The Kier molecular flexibility index (Phi) is 5.83. The van der Waals surface area contributed by atoms with Crippen LogP contribution in [0, 0.1) is 5.92 Å². The van der Waals surface area contributed by atoms with Crippen LogP contribution in [-0.2, 0) is 6.42 Å². The molecular formula is C18H28N2O2. The fourth-order valence-corrected chi connectivity index (χ4v) is 2.96. The first-order chi connectivity index (χ1) is 10.5. The van der Waals surface area contributed by atoms with Gasteiger partial charge >= 0.3 is 6.03 Å². The van der Waals surface area contributed by atoms with E-state index < -0.39 is 0 Å². The molecule has 122 valence electrons. The quantitative estimate of drug-likeness (QED) is 0.898. The second kappa shape index (κ2) is 7.63. The van der Waals surface area contributed by atoms with Crippen molar-refractivity contribution in [2.24, 2.45) is 5.92 Å². The lowest BCUT2D eigenvalue weighted by Crippen LogP contribution is -2.48. The van der Waals surface area contributed by atoms with Crippen LogP contribution in [0.3, 0.4) is 0 Å². The Morgan fingerprint density at radius 3 is 2.59 bits per heavy atom. The van der Waals surface area contributed by atoms with E-state index in [9.17, 15) is 9.90 Å². The molecule has 0 aliphatic carbocycles. The Morgan fingerprint density at radius 2 is 2.05 bits per heavy atom. The lowest BCUT2D eigenvalue weighted by molar-refractivity contribution is 0.0826. The van der Waals surface area contributed by atoms with Gasteiger partial charge < -0.3 is 15.3 Å². The summed E-state index contributed by atoms with van der Waals surface area (Å²) in [5, 5.41) is 12.9. The maximum Gasteiger partial charge on any atom is 0.317 e. The number of aliphatic hydroxyl groups is 1. The third-order valence-corrected chi connectivity index (χ3v) is 4.38. The second-order valence-electron chi connectivity index (χ2n) is 6.51. The average Bonchev–Trinajstić information content (AvgIpc) is 2.52. The zero-order chi connectivity index (χ0) is 16.1. The van der Waals surface area contributed by atoms with Crippen molar-refractivity contribution < 1.29 is 9.90 Å². The molecule has 0 spiro atoms. The van der Waals surface area contributed by atoms with Crippen LogP contribution in [0.5, 0.6) is 0 Å². The Balaban J connectivity index is 2.05. The fourth-order valence-electron chi connectivity index (χ4n) is 2.96. The molecule has 1 aliphatic rings. The van der Waals surface area contributed by atoms with Gasteiger partial charge in [-0.05, 0) is 36.3 Å². The maximum absolute atomic E-state index is 12.5. The highest BCUT2D eigenvalue weighted by atomic mass is 16.3. The number of piperidine rings is 1. The number of hydrogen-bond donors (Lipinski definition) is 2. The predicted octanol–water partition coefficient (Wildman–Crippen LogP) is 3.11. The van der Waals surface area contributed by atoms with Crippen LogP contribution >= 0.6 is 0 Å². The standard InChI is InChI=1S/C18H28N2O2/c1-4-14-7-9-15(10-8-14)17(13(2)3)19-18(22)20-11-5-6-16(21)12-20/h7-10,13,16-17,21H,4-6,11-12H2,1-3H3,(H,19,22). The third-order valence-electron chi connectivity index (χ3n) is 4.38. The monoisotopic (exact) mass is 304 g/mol. The molecule has 2 atom stereocenters. The summed E-state index contributed by atoms with van der Waals surface area (Å²) in [4.78, 5) is 14.2. The van der Waals surface area contributed by atoms with Gasteiger partial charge in [-0.3, -0.25) is 0 Å². The number of amides is 2. The lowest BCUT2D eigenvalue weighted by atomic mass is 9.95. The largest absolute Gasteiger partial charge is 0.391 e. The highest BCUT2D eigenvalue weighted by Crippen LogP contribution is 2.23. The van der Waals surface area contributed by atoms with E-state index in [2.05, 4.69) is 50.4 Å². The number of rotatable bonds is 4. The zero-order valence-electron chi connectivity index (χ0n) is 13.9. The molecule has 1 saturated heterocycles. The summed E-state index contributed by atoms with van der Waals surface area (Å²) in [6.45, 7) is 7.53. The van der Waals surface area contributed by atoms with Gasteiger partial charge in [-0.2, -0.15) is 0 Å². The molecule has 2 N–H and O–H groups in total. The number of β-amino-alcohol motifs (C(OH)–C–C–N with tert-alkyl or cyclic N) is 1. The number of benzene rings is 1. The topological polar surface area (TPSA) is 52.6 Å². The van der Waals surface area contributed by atoms with Gasteiger partial charge in [0.2, 0.25) is 0 Å². The van der Waals surface area contributed by atoms with Crippen molar-refractivity contribution in [3.05, 3.63) is 35.4 Å². The molecule has 2 amide bonds. The molecule has 0 saturated carbocycles. The molecule has 1 aromatic rings. The molecule has 4 nitrogen and oxygen atoms in total. The van der Waals surface area contributed by atoms with E-state index in [0.29, 0.717) is 12.5 Å². The number of nitrogens with zero attached hydrogens (tertiary/aromatic N) is 1. The van der Waals surface area contributed by atoms with E-state index in [-0.39, 0.29) is 18.2 Å². The molecule has 1 aliphatic heterocycles. The fraction of sp³-hybridized carbons (Fsp3) is 0.611. The van der Waals surface area contributed by atoms with Crippen molar-refractivity contribution >= 4 is 6.03 Å². The van der Waals surface area contributed by atoms with Crippen molar-refractivity contribution in [2.75, 3.05) is 13.1 Å². The van der Waals surface area contributed by atoms with E-state index in [0.717, 1.165) is 31.4 Å². The zero-order valence-corrected chi connectivity index (χ0v) is 13.9. The minimum Gasteiger partial charge on any atom is -0.391 e. The number of nitrogens with one attached hydrogen (secondary N) is 1. The number of hydrogen-bond acceptors (Lipinski definition) is 2. The average molecular weight is 304 g/mol. The van der Waals surface area contributed by atoms with Gasteiger partial charge in [0.25, 0.3) is 0 Å². The lowest BCUT2D eigenvalue weighted by Gasteiger charge is -2.33. The molecule has 2 rings (SSSR count). The summed E-state index contributed by atoms with van der Waals surface area (Å²) < 4.78 is 0. The molecular weight excluding hydrogens is 276 g/mol. The molecule has 22 heavy (non-hydrogen) atoms. The third kappa shape index (κ3) is 4.23. The maximum atomic E-state index is 12.5. The van der Waals surface area contributed by atoms with Crippen LogP contribution in [0.4, 0.5) is 4.79 Å². The van der Waals surface area contributed by atoms with Crippen molar-refractivity contribution in [1.29, 1.82) is 0 Å². The summed E-state index contributed by atoms with van der Waals surface area (Å²) in [5.41, 5.74) is 2.44. The molecule has 2 unspecified atom stereocenters. The number of aliphatic hydroxyl groups excluding tert-OH is 1. The van der Waals surface area contributed by atoms with Crippen molar-refractivity contribution in [3.8, 4) is 0 Å². The van der Waals surface area contributed by atoms with E-state index in [1.807, 2.05) is 0 Å². The normalized spacial score (nSPS) is 20.0. The summed E-state index contributed by atoms with van der Waals surface area (Å²) in [6.07, 6.45) is 2.29. The summed E-state index contributed by atoms with van der Waals surface area (Å²) in [6, 6.07) is 8.39. The van der Waals surface area contributed by atoms with E-state index in [1.165, 1.54) is 5.56 Å². The summed E-state index contributed by atoms with van der Waals surface area (Å²) in [7, 11) is 0. The van der Waals surface area contributed by atoms with Crippen LogP contribution in [0.2, 0.25) is 0 Å². The van der Waals surface area contributed by atoms with Gasteiger partial charge in [0.1, 0.15) is 0 Å². The van der Waals surface area contributed by atoms with Gasteiger partial charge in [-0.15, -0.1) is 0 Å².